The Morgan fingerprint density at radius 2 is 1.22 bits per heavy atom. The van der Waals surface area contributed by atoms with Gasteiger partial charge in [0.2, 0.25) is 0 Å². The average Bonchev–Trinajstić information content (AvgIpc) is 2.61. The maximum atomic E-state index is 5.76. The first-order chi connectivity index (χ1) is 11.2. The lowest BCUT2D eigenvalue weighted by Gasteiger charge is -2.20. The van der Waals surface area contributed by atoms with Crippen molar-refractivity contribution < 1.29 is 0 Å². The van der Waals surface area contributed by atoms with Crippen LogP contribution in [0.25, 0.3) is 0 Å². The molecule has 3 nitrogen and oxygen atoms in total. The van der Waals surface area contributed by atoms with Gasteiger partial charge in [-0.05, 0) is 48.9 Å². The van der Waals surface area contributed by atoms with Crippen molar-refractivity contribution in [3.8, 4) is 0 Å². The molecule has 0 aromatic heterocycles. The molecule has 0 aliphatic heterocycles. The molecule has 0 fully saturated rings. The molecule has 3 rings (SSSR count). The first-order valence-corrected chi connectivity index (χ1v) is 7.55. The number of benzene rings is 3. The van der Waals surface area contributed by atoms with E-state index in [0.29, 0.717) is 0 Å². The lowest BCUT2D eigenvalue weighted by molar-refractivity contribution is 1.08. The molecule has 0 heterocycles. The molecule has 3 aromatic rings. The Balaban J connectivity index is 2.02. The number of anilines is 3. The van der Waals surface area contributed by atoms with E-state index in [1.165, 1.54) is 0 Å². The maximum Gasteiger partial charge on any atom is 0.0655 e. The molecule has 0 aliphatic rings. The van der Waals surface area contributed by atoms with Gasteiger partial charge in [-0.3, -0.25) is 0 Å². The summed E-state index contributed by atoms with van der Waals surface area (Å²) in [5, 5.41) is 6.78. The van der Waals surface area contributed by atoms with Crippen LogP contribution in [0.1, 0.15) is 12.5 Å². The summed E-state index contributed by atoms with van der Waals surface area (Å²) >= 11 is 0. The van der Waals surface area contributed by atoms with Crippen molar-refractivity contribution >= 4 is 22.8 Å². The Kier molecular flexibility index (Phi) is 4.39. The highest BCUT2D eigenvalue weighted by atomic mass is 15.5. The van der Waals surface area contributed by atoms with Crippen LogP contribution in [0.2, 0.25) is 0 Å². The van der Waals surface area contributed by atoms with E-state index in [0.717, 1.165) is 28.3 Å². The second-order valence-corrected chi connectivity index (χ2v) is 5.29. The highest BCUT2D eigenvalue weighted by molar-refractivity contribution is 5.99. The molecular weight excluding hydrogens is 282 g/mol. The first-order valence-electron chi connectivity index (χ1n) is 7.55. The quantitative estimate of drug-likeness (QED) is 0.426. The van der Waals surface area contributed by atoms with E-state index < -0.39 is 0 Å². The van der Waals surface area contributed by atoms with Gasteiger partial charge in [0.05, 0.1) is 17.1 Å². The van der Waals surface area contributed by atoms with Crippen LogP contribution in [0.15, 0.2) is 90.0 Å². The second kappa shape index (κ2) is 6.79. The van der Waals surface area contributed by atoms with E-state index >= 15 is 0 Å². The zero-order valence-corrected chi connectivity index (χ0v) is 13.1. The van der Waals surface area contributed by atoms with Crippen LogP contribution in [0.5, 0.6) is 0 Å². The Hall–Kier alpha value is -3.07. The van der Waals surface area contributed by atoms with Crippen molar-refractivity contribution in [2.45, 2.75) is 6.92 Å². The maximum absolute atomic E-state index is 5.76. The van der Waals surface area contributed by atoms with Crippen LogP contribution in [0, 0.1) is 0 Å². The second-order valence-electron chi connectivity index (χ2n) is 5.29. The first kappa shape index (κ1) is 14.9. The minimum atomic E-state index is 0.754. The normalized spacial score (nSPS) is 11.3. The van der Waals surface area contributed by atoms with Crippen LogP contribution >= 0.6 is 0 Å². The molecule has 3 heteroatoms. The third kappa shape index (κ3) is 3.58. The number of hydrazone groups is 1. The Morgan fingerprint density at radius 3 is 1.70 bits per heavy atom. The van der Waals surface area contributed by atoms with E-state index in [2.05, 4.69) is 0 Å². The minimum Gasteiger partial charge on any atom is -0.399 e. The average molecular weight is 301 g/mol. The van der Waals surface area contributed by atoms with Crippen molar-refractivity contribution in [1.29, 1.82) is 0 Å². The van der Waals surface area contributed by atoms with Crippen LogP contribution in [0.4, 0.5) is 17.1 Å². The summed E-state index contributed by atoms with van der Waals surface area (Å²) in [5.74, 6) is 0. The van der Waals surface area contributed by atoms with Gasteiger partial charge in [-0.15, -0.1) is 0 Å². The molecule has 3 aromatic carbocycles. The van der Waals surface area contributed by atoms with E-state index in [-0.39, 0.29) is 0 Å². The van der Waals surface area contributed by atoms with Crippen LogP contribution in [0.3, 0.4) is 0 Å². The third-order valence-electron chi connectivity index (χ3n) is 3.58. The molecule has 0 unspecified atom stereocenters. The summed E-state index contributed by atoms with van der Waals surface area (Å²) in [6, 6.07) is 28.0. The molecular formula is C20H19N3. The Morgan fingerprint density at radius 1 is 0.739 bits per heavy atom. The van der Waals surface area contributed by atoms with Gasteiger partial charge in [-0.1, -0.05) is 48.5 Å². The van der Waals surface area contributed by atoms with Crippen molar-refractivity contribution in [3.05, 3.63) is 90.5 Å². The van der Waals surface area contributed by atoms with Crippen molar-refractivity contribution in [1.82, 2.24) is 0 Å². The molecule has 2 N–H and O–H groups in total. The van der Waals surface area contributed by atoms with E-state index in [4.69, 9.17) is 10.8 Å². The fourth-order valence-electron chi connectivity index (χ4n) is 2.33. The number of hydrogen-bond acceptors (Lipinski definition) is 3. The van der Waals surface area contributed by atoms with Gasteiger partial charge in [0, 0.05) is 5.69 Å². The molecule has 0 amide bonds. The van der Waals surface area contributed by atoms with Gasteiger partial charge in [-0.2, -0.15) is 5.10 Å². The van der Waals surface area contributed by atoms with E-state index in [1.807, 2.05) is 96.9 Å². The summed E-state index contributed by atoms with van der Waals surface area (Å²) in [6.45, 7) is 2.00. The molecule has 0 saturated carbocycles. The van der Waals surface area contributed by atoms with Gasteiger partial charge in [0.1, 0.15) is 0 Å². The zero-order chi connectivity index (χ0) is 16.1. The number of rotatable bonds is 4. The van der Waals surface area contributed by atoms with E-state index in [9.17, 15) is 0 Å². The fraction of sp³-hybridized carbons (Fsp3) is 0.0500. The molecule has 0 saturated heterocycles. The Bertz CT molecular complexity index is 739. The van der Waals surface area contributed by atoms with Gasteiger partial charge >= 0.3 is 0 Å². The monoisotopic (exact) mass is 301 g/mol. The minimum absolute atomic E-state index is 0.754. The number of nitrogen functional groups attached to an aromatic ring is 1. The highest BCUT2D eigenvalue weighted by Gasteiger charge is 2.08. The van der Waals surface area contributed by atoms with Gasteiger partial charge in [0.25, 0.3) is 0 Å². The smallest absolute Gasteiger partial charge is 0.0655 e. The summed E-state index contributed by atoms with van der Waals surface area (Å²) in [5.41, 5.74) is 10.5. The highest BCUT2D eigenvalue weighted by Crippen LogP contribution is 2.25. The molecule has 114 valence electrons. The molecule has 0 bridgehead atoms. The Labute approximate surface area is 136 Å². The summed E-state index contributed by atoms with van der Waals surface area (Å²) in [6.07, 6.45) is 0. The summed E-state index contributed by atoms with van der Waals surface area (Å²) < 4.78 is 0. The van der Waals surface area contributed by atoms with Crippen molar-refractivity contribution in [2.75, 3.05) is 10.7 Å². The number of nitrogens with zero attached hydrogens (tertiary/aromatic N) is 2. The molecule has 23 heavy (non-hydrogen) atoms. The summed E-state index contributed by atoms with van der Waals surface area (Å²) in [4.78, 5) is 0. The lowest BCUT2D eigenvalue weighted by atomic mass is 10.1. The standard InChI is InChI=1S/C20H19N3/c1-16(17-12-14-18(21)15-13-17)22-23(19-8-4-2-5-9-19)20-10-6-3-7-11-20/h2-15H,21H2,1H3. The number of para-hydroxylation sites is 2. The van der Waals surface area contributed by atoms with Gasteiger partial charge in [0.15, 0.2) is 0 Å². The van der Waals surface area contributed by atoms with Gasteiger partial charge < -0.3 is 5.73 Å². The van der Waals surface area contributed by atoms with Crippen LogP contribution < -0.4 is 10.7 Å². The topological polar surface area (TPSA) is 41.6 Å². The SMILES string of the molecule is CC(=NN(c1ccccc1)c1ccccc1)c1ccc(N)cc1. The van der Waals surface area contributed by atoms with Crippen molar-refractivity contribution in [2.24, 2.45) is 5.10 Å². The fourth-order valence-corrected chi connectivity index (χ4v) is 2.33. The predicted octanol–water partition coefficient (Wildman–Crippen LogP) is 4.83. The third-order valence-corrected chi connectivity index (χ3v) is 3.58. The zero-order valence-electron chi connectivity index (χ0n) is 13.1. The van der Waals surface area contributed by atoms with Gasteiger partial charge in [-0.25, -0.2) is 5.01 Å². The van der Waals surface area contributed by atoms with E-state index in [1.54, 1.807) is 0 Å². The molecule has 0 atom stereocenters. The van der Waals surface area contributed by atoms with Crippen LogP contribution in [-0.4, -0.2) is 5.71 Å². The molecule has 0 spiro atoms. The summed E-state index contributed by atoms with van der Waals surface area (Å²) in [7, 11) is 0. The molecule has 0 radical (unpaired) electrons. The number of nitrogens with two attached hydrogens (primary N) is 1. The predicted molar refractivity (Wildman–Crippen MR) is 98.1 cm³/mol. The number of hydrogen-bond donors (Lipinski definition) is 1. The van der Waals surface area contributed by atoms with Crippen molar-refractivity contribution in [3.63, 3.8) is 0 Å². The van der Waals surface area contributed by atoms with Crippen LogP contribution in [-0.2, 0) is 0 Å². The largest absolute Gasteiger partial charge is 0.399 e. The molecule has 0 aliphatic carbocycles. The lowest BCUT2D eigenvalue weighted by Crippen LogP contribution is -2.12.